The summed E-state index contributed by atoms with van der Waals surface area (Å²) in [5.74, 6) is -0.240. The van der Waals surface area contributed by atoms with E-state index in [0.717, 1.165) is 5.69 Å². The third-order valence-corrected chi connectivity index (χ3v) is 2.15. The van der Waals surface area contributed by atoms with Gasteiger partial charge < -0.3 is 9.64 Å². The molecule has 0 aliphatic carbocycles. The summed E-state index contributed by atoms with van der Waals surface area (Å²) in [4.78, 5) is 1.82. The highest BCUT2D eigenvalue weighted by Crippen LogP contribution is 2.26. The van der Waals surface area contributed by atoms with Crippen molar-refractivity contribution in [2.45, 2.75) is 12.8 Å². The van der Waals surface area contributed by atoms with E-state index < -0.39 is 6.36 Å². The van der Waals surface area contributed by atoms with E-state index in [1.165, 1.54) is 24.3 Å². The largest absolute Gasteiger partial charge is 0.573 e. The molecule has 0 saturated carbocycles. The first kappa shape index (κ1) is 9.57. The highest BCUT2D eigenvalue weighted by Gasteiger charge is 2.30. The van der Waals surface area contributed by atoms with Crippen LogP contribution in [0.15, 0.2) is 36.5 Å². The van der Waals surface area contributed by atoms with E-state index in [9.17, 15) is 13.2 Å². The first-order valence-electron chi connectivity index (χ1n) is 5.24. The van der Waals surface area contributed by atoms with Crippen LogP contribution in [0, 0.1) is 0 Å². The molecule has 1 heterocycles. The maximum Gasteiger partial charge on any atom is 0.573 e. The highest BCUT2D eigenvalue weighted by atomic mass is 19.4. The monoisotopic (exact) mass is 230 g/mol. The molecule has 0 atom stereocenters. The topological polar surface area (TPSA) is 12.5 Å². The lowest BCUT2D eigenvalue weighted by Gasteiger charge is -2.16. The van der Waals surface area contributed by atoms with Crippen molar-refractivity contribution in [1.29, 1.82) is 0 Å². The summed E-state index contributed by atoms with van der Waals surface area (Å²) in [6, 6.07) is 6.12. The molecule has 0 unspecified atom stereocenters. The van der Waals surface area contributed by atoms with Crippen molar-refractivity contribution in [3.63, 3.8) is 0 Å². The Morgan fingerprint density at radius 1 is 1.25 bits per heavy atom. The fraction of sp³-hybridized carbons (Fsp3) is 0.273. The predicted molar refractivity (Wildman–Crippen MR) is 54.2 cm³/mol. The Labute approximate surface area is 92.3 Å². The third kappa shape index (κ3) is 2.68. The Morgan fingerprint density at radius 2 is 1.94 bits per heavy atom. The molecule has 0 amide bonds. The summed E-state index contributed by atoms with van der Waals surface area (Å²) in [6.45, 7) is 0.679. The standard InChI is InChI=1S/C11H10F3NO/c12-11(13,14)16-10-5-3-9(4-6-10)15-7-1-2-8-15/h1,3-7H,2,8H2/i1D. The molecular weight excluding hydrogens is 219 g/mol. The maximum atomic E-state index is 11.9. The number of alkyl halides is 3. The first-order valence-corrected chi connectivity index (χ1v) is 4.74. The van der Waals surface area contributed by atoms with Crippen LogP contribution in [0.4, 0.5) is 18.9 Å². The number of rotatable bonds is 2. The number of nitrogens with zero attached hydrogens (tertiary/aromatic N) is 1. The van der Waals surface area contributed by atoms with Crippen LogP contribution >= 0.6 is 0 Å². The van der Waals surface area contributed by atoms with Gasteiger partial charge in [0.25, 0.3) is 0 Å². The second-order valence-corrected chi connectivity index (χ2v) is 3.32. The Kier molecular flexibility index (Phi) is 2.44. The van der Waals surface area contributed by atoms with Gasteiger partial charge in [-0.05, 0) is 30.7 Å². The molecule has 1 aromatic rings. The van der Waals surface area contributed by atoms with Crippen LogP contribution in [-0.2, 0) is 0 Å². The minimum absolute atomic E-state index is 0.240. The van der Waals surface area contributed by atoms with E-state index in [1.807, 2.05) is 4.90 Å². The van der Waals surface area contributed by atoms with Crippen molar-refractivity contribution in [2.75, 3.05) is 11.4 Å². The van der Waals surface area contributed by atoms with Crippen LogP contribution in [0.3, 0.4) is 0 Å². The molecule has 0 bridgehead atoms. The van der Waals surface area contributed by atoms with Gasteiger partial charge in [0, 0.05) is 18.4 Å². The van der Waals surface area contributed by atoms with Crippen LogP contribution < -0.4 is 9.64 Å². The number of halogens is 3. The maximum absolute atomic E-state index is 11.9. The molecular formula is C11H10F3NO. The van der Waals surface area contributed by atoms with E-state index in [-0.39, 0.29) is 5.75 Å². The van der Waals surface area contributed by atoms with Crippen molar-refractivity contribution < 1.29 is 19.3 Å². The summed E-state index contributed by atoms with van der Waals surface area (Å²) < 4.78 is 47.0. The number of anilines is 1. The number of hydrogen-bond acceptors (Lipinski definition) is 2. The summed E-state index contributed by atoms with van der Waals surface area (Å²) in [6.07, 6.45) is -2.34. The summed E-state index contributed by atoms with van der Waals surface area (Å²) in [7, 11) is 0. The van der Waals surface area contributed by atoms with Crippen molar-refractivity contribution in [1.82, 2.24) is 0 Å². The van der Waals surface area contributed by atoms with Crippen LogP contribution in [0.2, 0.25) is 0 Å². The van der Waals surface area contributed by atoms with Crippen molar-refractivity contribution in [2.24, 2.45) is 0 Å². The zero-order chi connectivity index (χ0) is 12.5. The molecule has 0 N–H and O–H groups in total. The molecule has 0 saturated heterocycles. The van der Waals surface area contributed by atoms with Gasteiger partial charge in [0.05, 0.1) is 1.37 Å². The molecule has 0 aromatic heterocycles. The zero-order valence-electron chi connectivity index (χ0n) is 9.29. The molecule has 5 heteroatoms. The average molecular weight is 230 g/mol. The molecule has 86 valence electrons. The van der Waals surface area contributed by atoms with E-state index in [1.54, 1.807) is 6.20 Å². The number of benzene rings is 1. The van der Waals surface area contributed by atoms with Gasteiger partial charge in [0.15, 0.2) is 0 Å². The molecule has 16 heavy (non-hydrogen) atoms. The second kappa shape index (κ2) is 4.08. The second-order valence-electron chi connectivity index (χ2n) is 3.32. The van der Waals surface area contributed by atoms with Crippen LogP contribution in [0.5, 0.6) is 5.75 Å². The van der Waals surface area contributed by atoms with Gasteiger partial charge in [0.2, 0.25) is 0 Å². The van der Waals surface area contributed by atoms with Gasteiger partial charge in [-0.15, -0.1) is 13.2 Å². The fourth-order valence-corrected chi connectivity index (χ4v) is 1.47. The Balaban J connectivity index is 2.08. The molecule has 0 spiro atoms. The first-order chi connectivity index (χ1) is 7.94. The fourth-order valence-electron chi connectivity index (χ4n) is 1.47. The van der Waals surface area contributed by atoms with Gasteiger partial charge in [0.1, 0.15) is 5.75 Å². The summed E-state index contributed by atoms with van der Waals surface area (Å²) >= 11 is 0. The minimum atomic E-state index is -4.66. The average Bonchev–Trinajstić information content (AvgIpc) is 2.63. The van der Waals surface area contributed by atoms with Gasteiger partial charge in [-0.1, -0.05) is 6.05 Å². The molecule has 1 aromatic carbocycles. The van der Waals surface area contributed by atoms with Gasteiger partial charge >= 0.3 is 6.36 Å². The minimum Gasteiger partial charge on any atom is -0.406 e. The quantitative estimate of drug-likeness (QED) is 0.772. The molecule has 2 nitrogen and oxygen atoms in total. The molecule has 1 aliphatic rings. The summed E-state index contributed by atoms with van der Waals surface area (Å²) in [5, 5.41) is 0. The van der Waals surface area contributed by atoms with Gasteiger partial charge in [-0.3, -0.25) is 0 Å². The molecule has 0 radical (unpaired) electrons. The van der Waals surface area contributed by atoms with E-state index in [2.05, 4.69) is 4.74 Å². The molecule has 2 rings (SSSR count). The van der Waals surface area contributed by atoms with Crippen LogP contribution in [0.25, 0.3) is 0 Å². The van der Waals surface area contributed by atoms with E-state index in [0.29, 0.717) is 19.0 Å². The lowest BCUT2D eigenvalue weighted by atomic mass is 10.3. The van der Waals surface area contributed by atoms with E-state index in [4.69, 9.17) is 1.37 Å². The predicted octanol–water partition coefficient (Wildman–Crippen LogP) is 3.31. The van der Waals surface area contributed by atoms with Crippen LogP contribution in [0.1, 0.15) is 7.79 Å². The van der Waals surface area contributed by atoms with Crippen molar-refractivity contribution in [3.05, 3.63) is 36.5 Å². The van der Waals surface area contributed by atoms with E-state index >= 15 is 0 Å². The molecule has 1 aliphatic heterocycles. The third-order valence-electron chi connectivity index (χ3n) is 2.15. The Hall–Kier alpha value is -1.65. The normalized spacial score (nSPS) is 17.1. The smallest absolute Gasteiger partial charge is 0.406 e. The lowest BCUT2D eigenvalue weighted by Crippen LogP contribution is -2.17. The van der Waals surface area contributed by atoms with Gasteiger partial charge in [-0.2, -0.15) is 0 Å². The zero-order valence-corrected chi connectivity index (χ0v) is 8.29. The highest BCUT2D eigenvalue weighted by molar-refractivity contribution is 5.52. The Morgan fingerprint density at radius 3 is 2.44 bits per heavy atom. The number of ether oxygens (including phenoxy) is 1. The van der Waals surface area contributed by atoms with Crippen molar-refractivity contribution in [3.8, 4) is 5.75 Å². The SMILES string of the molecule is [2H]C1=CN(c2ccc(OC(F)(F)F)cc2)CC1. The molecule has 0 fully saturated rings. The Bertz CT molecular complexity index is 427. The lowest BCUT2D eigenvalue weighted by molar-refractivity contribution is -0.274. The van der Waals surface area contributed by atoms with Crippen molar-refractivity contribution >= 4 is 5.69 Å². The summed E-state index contributed by atoms with van der Waals surface area (Å²) in [5.41, 5.74) is 0.752. The van der Waals surface area contributed by atoms with Gasteiger partial charge in [-0.25, -0.2) is 0 Å². The van der Waals surface area contributed by atoms with Crippen LogP contribution in [-0.4, -0.2) is 12.9 Å². The number of hydrogen-bond donors (Lipinski definition) is 0.